The molecule has 3 rings (SSSR count). The molecule has 120 valence electrons. The molecule has 0 bridgehead atoms. The maximum atomic E-state index is 12.5. The molecule has 5 nitrogen and oxygen atoms in total. The van der Waals surface area contributed by atoms with Crippen LogP contribution in [-0.4, -0.2) is 32.1 Å². The minimum Gasteiger partial charge on any atom is -0.497 e. The zero-order chi connectivity index (χ0) is 16.1. The van der Waals surface area contributed by atoms with Crippen molar-refractivity contribution in [2.75, 3.05) is 25.5 Å². The highest BCUT2D eigenvalue weighted by molar-refractivity contribution is 6.00. The number of benzene rings is 2. The first-order valence-electron chi connectivity index (χ1n) is 7.78. The van der Waals surface area contributed by atoms with Gasteiger partial charge in [-0.2, -0.15) is 0 Å². The lowest BCUT2D eigenvalue weighted by Crippen LogP contribution is -2.36. The molecule has 2 aromatic rings. The van der Waals surface area contributed by atoms with Crippen molar-refractivity contribution in [3.63, 3.8) is 0 Å². The Balaban J connectivity index is 1.78. The molecule has 3 N–H and O–H groups in total. The normalized spacial score (nSPS) is 16.8. The van der Waals surface area contributed by atoms with Gasteiger partial charge in [-0.1, -0.05) is 18.2 Å². The molecular formula is C18H21N3O2. The molecule has 0 radical (unpaired) electrons. The lowest BCUT2D eigenvalue weighted by atomic mass is 10.1. The monoisotopic (exact) mass is 311 g/mol. The van der Waals surface area contributed by atoms with Crippen LogP contribution >= 0.6 is 0 Å². The van der Waals surface area contributed by atoms with Gasteiger partial charge >= 0.3 is 0 Å². The van der Waals surface area contributed by atoms with Crippen molar-refractivity contribution in [1.82, 2.24) is 10.6 Å². The van der Waals surface area contributed by atoms with Gasteiger partial charge in [0.2, 0.25) is 0 Å². The van der Waals surface area contributed by atoms with E-state index in [9.17, 15) is 4.79 Å². The molecule has 1 fully saturated rings. The SMILES string of the molecule is COc1cccc(Nc2ccccc2C(=O)NC2CCNC2)c1. The van der Waals surface area contributed by atoms with E-state index >= 15 is 0 Å². The highest BCUT2D eigenvalue weighted by atomic mass is 16.5. The Labute approximate surface area is 136 Å². The van der Waals surface area contributed by atoms with E-state index in [0.29, 0.717) is 5.56 Å². The molecule has 1 unspecified atom stereocenters. The quantitative estimate of drug-likeness (QED) is 0.794. The molecule has 1 atom stereocenters. The Kier molecular flexibility index (Phi) is 4.78. The third-order valence-electron chi connectivity index (χ3n) is 3.92. The number of ether oxygens (including phenoxy) is 1. The van der Waals surface area contributed by atoms with Gasteiger partial charge in [0.15, 0.2) is 0 Å². The number of anilines is 2. The topological polar surface area (TPSA) is 62.4 Å². The summed E-state index contributed by atoms with van der Waals surface area (Å²) in [5, 5.41) is 9.63. The lowest BCUT2D eigenvalue weighted by Gasteiger charge is -2.15. The maximum absolute atomic E-state index is 12.5. The summed E-state index contributed by atoms with van der Waals surface area (Å²) < 4.78 is 5.23. The van der Waals surface area contributed by atoms with E-state index in [-0.39, 0.29) is 11.9 Å². The van der Waals surface area contributed by atoms with E-state index in [4.69, 9.17) is 4.74 Å². The first-order chi connectivity index (χ1) is 11.3. The standard InChI is InChI=1S/C18H21N3O2/c1-23-15-6-4-5-13(11-15)20-17-8-3-2-7-16(17)18(22)21-14-9-10-19-12-14/h2-8,11,14,19-20H,9-10,12H2,1H3,(H,21,22). The van der Waals surface area contributed by atoms with Crippen molar-refractivity contribution in [3.05, 3.63) is 54.1 Å². The maximum Gasteiger partial charge on any atom is 0.253 e. The second-order valence-corrected chi connectivity index (χ2v) is 5.57. The van der Waals surface area contributed by atoms with E-state index in [2.05, 4.69) is 16.0 Å². The fraction of sp³-hybridized carbons (Fsp3) is 0.278. The molecule has 0 spiro atoms. The number of carbonyl (C=O) groups is 1. The molecule has 1 aliphatic rings. The number of carbonyl (C=O) groups excluding carboxylic acids is 1. The van der Waals surface area contributed by atoms with E-state index in [1.807, 2.05) is 48.5 Å². The summed E-state index contributed by atoms with van der Waals surface area (Å²) >= 11 is 0. The van der Waals surface area contributed by atoms with Crippen LogP contribution in [0.25, 0.3) is 0 Å². The van der Waals surface area contributed by atoms with Crippen molar-refractivity contribution in [2.24, 2.45) is 0 Å². The fourth-order valence-electron chi connectivity index (χ4n) is 2.69. The zero-order valence-electron chi connectivity index (χ0n) is 13.1. The Hall–Kier alpha value is -2.53. The molecule has 1 saturated heterocycles. The molecule has 0 aliphatic carbocycles. The number of methoxy groups -OCH3 is 1. The summed E-state index contributed by atoms with van der Waals surface area (Å²) in [6.45, 7) is 1.78. The number of nitrogens with one attached hydrogen (secondary N) is 3. The zero-order valence-corrected chi connectivity index (χ0v) is 13.1. The van der Waals surface area contributed by atoms with Crippen LogP contribution in [0.2, 0.25) is 0 Å². The minimum atomic E-state index is -0.0512. The first-order valence-corrected chi connectivity index (χ1v) is 7.78. The van der Waals surface area contributed by atoms with Crippen LogP contribution in [-0.2, 0) is 0 Å². The van der Waals surface area contributed by atoms with E-state index in [1.54, 1.807) is 7.11 Å². The van der Waals surface area contributed by atoms with Crippen LogP contribution in [0.3, 0.4) is 0 Å². The molecule has 23 heavy (non-hydrogen) atoms. The van der Waals surface area contributed by atoms with Crippen LogP contribution in [0, 0.1) is 0 Å². The molecule has 1 aliphatic heterocycles. The van der Waals surface area contributed by atoms with E-state index in [0.717, 1.165) is 36.6 Å². The van der Waals surface area contributed by atoms with Crippen LogP contribution in [0.1, 0.15) is 16.8 Å². The van der Waals surface area contributed by atoms with Gasteiger partial charge in [-0.25, -0.2) is 0 Å². The smallest absolute Gasteiger partial charge is 0.253 e. The van der Waals surface area contributed by atoms with Gasteiger partial charge in [0, 0.05) is 24.3 Å². The molecule has 0 aromatic heterocycles. The average molecular weight is 311 g/mol. The van der Waals surface area contributed by atoms with Crippen LogP contribution < -0.4 is 20.7 Å². The summed E-state index contributed by atoms with van der Waals surface area (Å²) in [7, 11) is 1.64. The molecule has 5 heteroatoms. The van der Waals surface area contributed by atoms with Gasteiger partial charge in [-0.3, -0.25) is 4.79 Å². The number of para-hydroxylation sites is 1. The first kappa shape index (κ1) is 15.4. The Bertz CT molecular complexity index is 681. The summed E-state index contributed by atoms with van der Waals surface area (Å²) in [5.74, 6) is 0.721. The molecule has 1 amide bonds. The summed E-state index contributed by atoms with van der Waals surface area (Å²) in [6.07, 6.45) is 0.969. The number of hydrogen-bond acceptors (Lipinski definition) is 4. The third kappa shape index (κ3) is 3.81. The third-order valence-corrected chi connectivity index (χ3v) is 3.92. The highest BCUT2D eigenvalue weighted by Crippen LogP contribution is 2.24. The predicted octanol–water partition coefficient (Wildman–Crippen LogP) is 2.53. The predicted molar refractivity (Wildman–Crippen MR) is 91.5 cm³/mol. The van der Waals surface area contributed by atoms with Gasteiger partial charge in [0.25, 0.3) is 5.91 Å². The second-order valence-electron chi connectivity index (χ2n) is 5.57. The van der Waals surface area contributed by atoms with Gasteiger partial charge in [0.1, 0.15) is 5.75 Å². The van der Waals surface area contributed by atoms with Crippen molar-refractivity contribution in [2.45, 2.75) is 12.5 Å². The van der Waals surface area contributed by atoms with E-state index in [1.165, 1.54) is 0 Å². The van der Waals surface area contributed by atoms with Gasteiger partial charge in [-0.15, -0.1) is 0 Å². The fourth-order valence-corrected chi connectivity index (χ4v) is 2.69. The Morgan fingerprint density at radius 1 is 1.22 bits per heavy atom. The largest absolute Gasteiger partial charge is 0.497 e. The van der Waals surface area contributed by atoms with Gasteiger partial charge in [-0.05, 0) is 37.2 Å². The van der Waals surface area contributed by atoms with Gasteiger partial charge < -0.3 is 20.7 Å². The average Bonchev–Trinajstić information content (AvgIpc) is 3.08. The van der Waals surface area contributed by atoms with Crippen molar-refractivity contribution >= 4 is 17.3 Å². The van der Waals surface area contributed by atoms with Crippen LogP contribution in [0.5, 0.6) is 5.75 Å². The minimum absolute atomic E-state index is 0.0512. The van der Waals surface area contributed by atoms with Crippen molar-refractivity contribution in [1.29, 1.82) is 0 Å². The molecule has 1 heterocycles. The molecular weight excluding hydrogens is 290 g/mol. The molecule has 0 saturated carbocycles. The molecule has 2 aromatic carbocycles. The summed E-state index contributed by atoms with van der Waals surface area (Å²) in [5.41, 5.74) is 2.30. The second kappa shape index (κ2) is 7.15. The summed E-state index contributed by atoms with van der Waals surface area (Å²) in [4.78, 5) is 12.5. The van der Waals surface area contributed by atoms with Crippen LogP contribution in [0.15, 0.2) is 48.5 Å². The van der Waals surface area contributed by atoms with Crippen LogP contribution in [0.4, 0.5) is 11.4 Å². The number of rotatable bonds is 5. The van der Waals surface area contributed by atoms with E-state index < -0.39 is 0 Å². The summed E-state index contributed by atoms with van der Waals surface area (Å²) in [6, 6.07) is 15.4. The van der Waals surface area contributed by atoms with Gasteiger partial charge in [0.05, 0.1) is 18.4 Å². The lowest BCUT2D eigenvalue weighted by molar-refractivity contribution is 0.0941. The highest BCUT2D eigenvalue weighted by Gasteiger charge is 2.19. The number of amides is 1. The Morgan fingerprint density at radius 3 is 2.87 bits per heavy atom. The Morgan fingerprint density at radius 2 is 2.09 bits per heavy atom. The number of hydrogen-bond donors (Lipinski definition) is 3. The van der Waals surface area contributed by atoms with Crippen molar-refractivity contribution < 1.29 is 9.53 Å². The van der Waals surface area contributed by atoms with Crippen molar-refractivity contribution in [3.8, 4) is 5.75 Å².